The average molecular weight is 281 g/mol. The fourth-order valence-electron chi connectivity index (χ4n) is 2.23. The van der Waals surface area contributed by atoms with Gasteiger partial charge in [-0.2, -0.15) is 0 Å². The van der Waals surface area contributed by atoms with Crippen molar-refractivity contribution in [2.24, 2.45) is 0 Å². The number of halogens is 1. The predicted octanol–water partition coefficient (Wildman–Crippen LogP) is 1.07. The molecule has 0 aliphatic carbocycles. The molecule has 1 amide bonds. The molecule has 1 aliphatic heterocycles. The van der Waals surface area contributed by atoms with Crippen LogP contribution in [0.2, 0.25) is 0 Å². The number of amides is 1. The quantitative estimate of drug-likeness (QED) is 0.867. The third-order valence-corrected chi connectivity index (χ3v) is 3.50. The van der Waals surface area contributed by atoms with Gasteiger partial charge in [0.15, 0.2) is 11.6 Å². The number of hydrogen-bond donors (Lipinski definition) is 2. The van der Waals surface area contributed by atoms with Gasteiger partial charge in [0, 0.05) is 37.9 Å². The zero-order valence-electron chi connectivity index (χ0n) is 11.8. The van der Waals surface area contributed by atoms with E-state index >= 15 is 0 Å². The minimum Gasteiger partial charge on any atom is -0.494 e. The van der Waals surface area contributed by atoms with Gasteiger partial charge in [-0.3, -0.25) is 9.69 Å². The molecular formula is C14H20FN3O2. The van der Waals surface area contributed by atoms with Crippen molar-refractivity contribution in [3.8, 4) is 5.75 Å². The number of methoxy groups -OCH3 is 1. The molecule has 1 heterocycles. The number of carbonyl (C=O) groups is 1. The minimum absolute atomic E-state index is 0.128. The molecule has 0 aromatic heterocycles. The highest BCUT2D eigenvalue weighted by Gasteiger charge is 2.22. The number of benzene rings is 1. The van der Waals surface area contributed by atoms with Crippen LogP contribution in [0.15, 0.2) is 18.2 Å². The predicted molar refractivity (Wildman–Crippen MR) is 75.5 cm³/mol. The lowest BCUT2D eigenvalue weighted by Crippen LogP contribution is -2.51. The van der Waals surface area contributed by atoms with Crippen LogP contribution in [-0.4, -0.2) is 50.1 Å². The van der Waals surface area contributed by atoms with E-state index < -0.39 is 5.82 Å². The van der Waals surface area contributed by atoms with Crippen LogP contribution in [0.4, 0.5) is 10.1 Å². The van der Waals surface area contributed by atoms with Crippen LogP contribution in [0.1, 0.15) is 6.92 Å². The molecule has 2 rings (SSSR count). The smallest absolute Gasteiger partial charge is 0.241 e. The minimum atomic E-state index is -0.486. The Bertz CT molecular complexity index is 475. The fourth-order valence-corrected chi connectivity index (χ4v) is 2.23. The Hall–Kier alpha value is -1.66. The highest BCUT2D eigenvalue weighted by atomic mass is 19.1. The van der Waals surface area contributed by atoms with Crippen molar-refractivity contribution in [3.63, 3.8) is 0 Å². The van der Waals surface area contributed by atoms with E-state index in [-0.39, 0.29) is 17.7 Å². The van der Waals surface area contributed by atoms with E-state index in [1.54, 1.807) is 6.07 Å². The first-order valence-electron chi connectivity index (χ1n) is 6.71. The summed E-state index contributed by atoms with van der Waals surface area (Å²) in [4.78, 5) is 14.3. The van der Waals surface area contributed by atoms with Gasteiger partial charge in [0.1, 0.15) is 0 Å². The number of carbonyl (C=O) groups excluding carboxylic acids is 1. The van der Waals surface area contributed by atoms with Crippen LogP contribution in [0.3, 0.4) is 0 Å². The summed E-state index contributed by atoms with van der Waals surface area (Å²) in [7, 11) is 1.41. The molecule has 0 saturated carbocycles. The van der Waals surface area contributed by atoms with Gasteiger partial charge in [-0.25, -0.2) is 4.39 Å². The van der Waals surface area contributed by atoms with Crippen molar-refractivity contribution >= 4 is 11.6 Å². The first-order valence-corrected chi connectivity index (χ1v) is 6.71. The normalized spacial score (nSPS) is 17.6. The fraction of sp³-hybridized carbons (Fsp3) is 0.500. The molecule has 1 fully saturated rings. The Balaban J connectivity index is 1.98. The Morgan fingerprint density at radius 3 is 2.75 bits per heavy atom. The number of ether oxygens (including phenoxy) is 1. The second-order valence-electron chi connectivity index (χ2n) is 4.80. The van der Waals surface area contributed by atoms with Crippen molar-refractivity contribution < 1.29 is 13.9 Å². The molecular weight excluding hydrogens is 261 g/mol. The Kier molecular flexibility index (Phi) is 4.92. The summed E-state index contributed by atoms with van der Waals surface area (Å²) in [5, 5.41) is 5.98. The number of nitrogens with one attached hydrogen (secondary N) is 2. The molecule has 1 aromatic carbocycles. The van der Waals surface area contributed by atoms with E-state index in [1.807, 2.05) is 6.92 Å². The molecule has 0 bridgehead atoms. The Labute approximate surface area is 118 Å². The van der Waals surface area contributed by atoms with Crippen molar-refractivity contribution in [2.75, 3.05) is 38.6 Å². The van der Waals surface area contributed by atoms with Gasteiger partial charge in [-0.15, -0.1) is 0 Å². The summed E-state index contributed by atoms with van der Waals surface area (Å²) in [6.45, 7) is 5.31. The van der Waals surface area contributed by atoms with Gasteiger partial charge in [0.25, 0.3) is 0 Å². The van der Waals surface area contributed by atoms with Crippen LogP contribution in [-0.2, 0) is 4.79 Å². The lowest BCUT2D eigenvalue weighted by Gasteiger charge is -2.31. The molecule has 110 valence electrons. The molecule has 1 aromatic rings. The van der Waals surface area contributed by atoms with Crippen LogP contribution >= 0.6 is 0 Å². The van der Waals surface area contributed by atoms with Crippen LogP contribution < -0.4 is 15.4 Å². The summed E-state index contributed by atoms with van der Waals surface area (Å²) >= 11 is 0. The van der Waals surface area contributed by atoms with Crippen LogP contribution in [0.25, 0.3) is 0 Å². The number of piperazine rings is 1. The van der Waals surface area contributed by atoms with E-state index in [9.17, 15) is 9.18 Å². The van der Waals surface area contributed by atoms with Gasteiger partial charge in [0.05, 0.1) is 13.2 Å². The van der Waals surface area contributed by atoms with E-state index in [1.165, 1.54) is 19.2 Å². The van der Waals surface area contributed by atoms with Crippen molar-refractivity contribution in [1.29, 1.82) is 0 Å². The highest BCUT2D eigenvalue weighted by Crippen LogP contribution is 2.20. The number of anilines is 1. The lowest BCUT2D eigenvalue weighted by molar-refractivity contribution is -0.120. The number of rotatable bonds is 4. The van der Waals surface area contributed by atoms with Crippen molar-refractivity contribution in [2.45, 2.75) is 13.0 Å². The number of hydrogen-bond acceptors (Lipinski definition) is 4. The van der Waals surface area contributed by atoms with Crippen LogP contribution in [0.5, 0.6) is 5.75 Å². The zero-order valence-corrected chi connectivity index (χ0v) is 11.8. The largest absolute Gasteiger partial charge is 0.494 e. The maximum atomic E-state index is 13.6. The lowest BCUT2D eigenvalue weighted by atomic mass is 10.2. The van der Waals surface area contributed by atoms with Crippen molar-refractivity contribution in [3.05, 3.63) is 24.0 Å². The molecule has 0 radical (unpaired) electrons. The molecule has 1 saturated heterocycles. The van der Waals surface area contributed by atoms with Crippen LogP contribution in [0, 0.1) is 5.82 Å². The van der Waals surface area contributed by atoms with E-state index in [4.69, 9.17) is 4.74 Å². The van der Waals surface area contributed by atoms with Gasteiger partial charge in [-0.05, 0) is 19.1 Å². The average Bonchev–Trinajstić information content (AvgIpc) is 2.47. The first-order chi connectivity index (χ1) is 9.61. The molecule has 2 N–H and O–H groups in total. The Morgan fingerprint density at radius 2 is 2.15 bits per heavy atom. The number of nitrogens with zero attached hydrogens (tertiary/aromatic N) is 1. The molecule has 5 nitrogen and oxygen atoms in total. The van der Waals surface area contributed by atoms with Gasteiger partial charge >= 0.3 is 0 Å². The SMILES string of the molecule is COc1ccc(NC(=O)C(C)N2CCNCC2)cc1F. The molecule has 20 heavy (non-hydrogen) atoms. The zero-order chi connectivity index (χ0) is 14.5. The summed E-state index contributed by atoms with van der Waals surface area (Å²) in [5.41, 5.74) is 0.440. The third-order valence-electron chi connectivity index (χ3n) is 3.50. The molecule has 0 spiro atoms. The van der Waals surface area contributed by atoms with Crippen molar-refractivity contribution in [1.82, 2.24) is 10.2 Å². The van der Waals surface area contributed by atoms with E-state index in [0.717, 1.165) is 26.2 Å². The second kappa shape index (κ2) is 6.67. The topological polar surface area (TPSA) is 53.6 Å². The standard InChI is InChI=1S/C14H20FN3O2/c1-10(18-7-5-16-6-8-18)14(19)17-11-3-4-13(20-2)12(15)9-11/h3-4,9-10,16H,5-8H2,1-2H3,(H,17,19). The molecule has 1 aliphatic rings. The maximum absolute atomic E-state index is 13.6. The first kappa shape index (κ1) is 14.7. The Morgan fingerprint density at radius 1 is 1.45 bits per heavy atom. The monoisotopic (exact) mass is 281 g/mol. The molecule has 6 heteroatoms. The second-order valence-corrected chi connectivity index (χ2v) is 4.80. The van der Waals surface area contributed by atoms with E-state index in [0.29, 0.717) is 5.69 Å². The summed E-state index contributed by atoms with van der Waals surface area (Å²) in [6.07, 6.45) is 0. The maximum Gasteiger partial charge on any atom is 0.241 e. The summed E-state index contributed by atoms with van der Waals surface area (Å²) < 4.78 is 18.4. The summed E-state index contributed by atoms with van der Waals surface area (Å²) in [5.74, 6) is -0.449. The highest BCUT2D eigenvalue weighted by molar-refractivity contribution is 5.94. The summed E-state index contributed by atoms with van der Waals surface area (Å²) in [6, 6.07) is 4.16. The molecule has 1 atom stereocenters. The van der Waals surface area contributed by atoms with Gasteiger partial charge in [0.2, 0.25) is 5.91 Å². The van der Waals surface area contributed by atoms with Gasteiger partial charge < -0.3 is 15.4 Å². The third kappa shape index (κ3) is 3.46. The molecule has 1 unspecified atom stereocenters. The van der Waals surface area contributed by atoms with Gasteiger partial charge in [-0.1, -0.05) is 0 Å². The van der Waals surface area contributed by atoms with E-state index in [2.05, 4.69) is 15.5 Å².